The fourth-order valence-electron chi connectivity index (χ4n) is 3.39. The number of anilines is 1. The Balaban J connectivity index is 0.00000253. The van der Waals surface area contributed by atoms with E-state index in [1.54, 1.807) is 0 Å². The van der Waals surface area contributed by atoms with Crippen LogP contribution in [0.4, 0.5) is 5.13 Å². The summed E-state index contributed by atoms with van der Waals surface area (Å²) in [7, 11) is 2.66. The molecule has 4 heterocycles. The van der Waals surface area contributed by atoms with Crippen LogP contribution in [0.2, 0.25) is 0 Å². The van der Waals surface area contributed by atoms with Crippen LogP contribution in [0.1, 0.15) is 5.69 Å². The molecule has 0 radical (unpaired) electrons. The number of thioether (sulfide) groups is 2. The maximum atomic E-state index is 12.9. The van der Waals surface area contributed by atoms with Crippen LogP contribution in [-0.4, -0.2) is 78.2 Å². The summed E-state index contributed by atoms with van der Waals surface area (Å²) >= 11 is 3.31. The molecule has 2 aromatic heterocycles. The first kappa shape index (κ1) is 32.6. The number of carbonyl (C=O) groups is 3. The quantitative estimate of drug-likeness (QED) is 0.0949. The first-order valence-electron chi connectivity index (χ1n) is 9.89. The summed E-state index contributed by atoms with van der Waals surface area (Å²) in [5.74, 6) is -3.74. The number of hydrogen-bond donors (Lipinski definition) is 2. The van der Waals surface area contributed by atoms with Crippen molar-refractivity contribution in [2.75, 3.05) is 24.3 Å². The number of aliphatic carboxylic acids is 1. The molecule has 1 fully saturated rings. The number of carboxylic acids is 1. The van der Waals surface area contributed by atoms with Crippen molar-refractivity contribution in [1.82, 2.24) is 30.0 Å². The molecule has 2 amide bonds. The Morgan fingerprint density at radius 1 is 1.34 bits per heavy atom. The predicted molar refractivity (Wildman–Crippen MR) is 125 cm³/mol. The minimum atomic E-state index is -1.57. The van der Waals surface area contributed by atoms with Crippen molar-refractivity contribution in [3.63, 3.8) is 0 Å². The van der Waals surface area contributed by atoms with E-state index >= 15 is 0 Å². The molecule has 2 aromatic rings. The molecular weight excluding hydrogens is 582 g/mol. The zero-order valence-corrected chi connectivity index (χ0v) is 26.9. The van der Waals surface area contributed by atoms with E-state index in [1.807, 2.05) is 0 Å². The van der Waals surface area contributed by atoms with E-state index in [-0.39, 0.29) is 98.0 Å². The SMILES string of the molecule is CO/N=C(\C(=O)NC1C(=O)N2C(C(=O)[O-])=C(CSc3nc(=O)c([O-])nn3C)CS[C@H]12)c1csc(N)n1.[Na+].[Na+]. The predicted octanol–water partition coefficient (Wildman–Crippen LogP) is -9.16. The third kappa shape index (κ3) is 6.56. The van der Waals surface area contributed by atoms with E-state index in [9.17, 15) is 29.4 Å². The van der Waals surface area contributed by atoms with E-state index in [2.05, 4.69) is 25.5 Å². The monoisotopic (exact) mass is 598 g/mol. The zero-order valence-electron chi connectivity index (χ0n) is 20.5. The van der Waals surface area contributed by atoms with Crippen molar-refractivity contribution in [2.45, 2.75) is 16.6 Å². The Kier molecular flexibility index (Phi) is 11.7. The van der Waals surface area contributed by atoms with Gasteiger partial charge in [0.15, 0.2) is 16.0 Å². The number of oxime groups is 1. The van der Waals surface area contributed by atoms with Crippen LogP contribution >= 0.6 is 34.9 Å². The molecule has 190 valence electrons. The maximum Gasteiger partial charge on any atom is 1.00 e. The number of hydrogen-bond acceptors (Lipinski definition) is 15. The van der Waals surface area contributed by atoms with Gasteiger partial charge >= 0.3 is 59.1 Å². The van der Waals surface area contributed by atoms with Crippen LogP contribution < -0.4 is 85.9 Å². The molecule has 0 aromatic carbocycles. The second-order valence-electron chi connectivity index (χ2n) is 7.21. The number of carboxylic acid groups (broad SMARTS) is 1. The van der Waals surface area contributed by atoms with E-state index in [0.29, 0.717) is 5.57 Å². The molecule has 2 aliphatic heterocycles. The number of thiazole rings is 1. The molecule has 38 heavy (non-hydrogen) atoms. The van der Waals surface area contributed by atoms with Gasteiger partial charge in [-0.15, -0.1) is 23.1 Å². The summed E-state index contributed by atoms with van der Waals surface area (Å²) in [5.41, 5.74) is 4.57. The second-order valence-corrected chi connectivity index (χ2v) is 10.1. The summed E-state index contributed by atoms with van der Waals surface area (Å²) in [6, 6.07) is -1.03. The van der Waals surface area contributed by atoms with E-state index in [1.165, 1.54) is 31.3 Å². The average Bonchev–Trinajstić information content (AvgIpc) is 3.27. The van der Waals surface area contributed by atoms with Gasteiger partial charge in [-0.2, -0.15) is 10.1 Å². The number of nitrogen functional groups attached to an aromatic ring is 1. The van der Waals surface area contributed by atoms with Crippen molar-refractivity contribution in [2.24, 2.45) is 12.2 Å². The normalized spacial score (nSPS) is 18.5. The summed E-state index contributed by atoms with van der Waals surface area (Å²) in [6.07, 6.45) is 0. The number of aryl methyl sites for hydroxylation is 1. The van der Waals surface area contributed by atoms with E-state index in [4.69, 9.17) is 10.6 Å². The number of rotatable bonds is 8. The summed E-state index contributed by atoms with van der Waals surface area (Å²) < 4.78 is 1.11. The number of β-lactam (4-membered cyclic amide) rings is 1. The van der Waals surface area contributed by atoms with Gasteiger partial charge in [0.1, 0.15) is 24.2 Å². The third-order valence-electron chi connectivity index (χ3n) is 4.96. The van der Waals surface area contributed by atoms with Gasteiger partial charge in [0, 0.05) is 23.9 Å². The molecule has 3 N–H and O–H groups in total. The Morgan fingerprint density at radius 2 is 2.05 bits per heavy atom. The minimum absolute atomic E-state index is 0. The van der Waals surface area contributed by atoms with E-state index < -0.39 is 40.6 Å². The fraction of sp³-hybridized carbons (Fsp3) is 0.333. The standard InChI is InChI=1S/C18H18N8O7S3.2Na/c1-25-18(22-12(28)13(29)23-25)36-4-6-3-34-15-9(14(30)26(15)10(6)16(31)32)21-11(27)8(24-33-2)7-5-35-17(19)20-7;;/h5,9,15H,3-4H2,1-2H3,(H2,19,20)(H,21,27)(H,23,29)(H,31,32);;/q;2*+1/p-2/b24-8-;;/t9?,15-;;/m1../s1. The van der Waals surface area contributed by atoms with Crippen LogP contribution in [0.3, 0.4) is 0 Å². The summed E-state index contributed by atoms with van der Waals surface area (Å²) in [4.78, 5) is 62.5. The largest absolute Gasteiger partial charge is 1.00 e. The Bertz CT molecular complexity index is 1380. The first-order valence-corrected chi connectivity index (χ1v) is 12.8. The first-order chi connectivity index (χ1) is 17.1. The molecule has 20 heteroatoms. The van der Waals surface area contributed by atoms with Gasteiger partial charge in [-0.3, -0.25) is 19.3 Å². The second kappa shape index (κ2) is 13.6. The number of amides is 2. The fourth-order valence-corrected chi connectivity index (χ4v) is 6.33. The molecule has 15 nitrogen and oxygen atoms in total. The van der Waals surface area contributed by atoms with E-state index in [0.717, 1.165) is 32.7 Å². The van der Waals surface area contributed by atoms with Gasteiger partial charge in [-0.05, 0) is 5.57 Å². The topological polar surface area (TPSA) is 221 Å². The maximum absolute atomic E-state index is 12.9. The third-order valence-corrected chi connectivity index (χ3v) is 8.08. The van der Waals surface area contributed by atoms with Crippen LogP contribution in [0.25, 0.3) is 0 Å². The van der Waals surface area contributed by atoms with Crippen molar-refractivity contribution >= 4 is 63.5 Å². The molecule has 0 spiro atoms. The Labute approximate surface area is 271 Å². The number of nitrogens with two attached hydrogens (primary N) is 1. The number of fused-ring (bicyclic) bond motifs is 1. The molecule has 4 rings (SSSR count). The molecule has 2 aliphatic rings. The van der Waals surface area contributed by atoms with Gasteiger partial charge in [0.05, 0.1) is 17.5 Å². The number of aromatic nitrogens is 4. The van der Waals surface area contributed by atoms with Gasteiger partial charge in [0.25, 0.3) is 17.4 Å². The van der Waals surface area contributed by atoms with Crippen molar-refractivity contribution in [3.8, 4) is 5.88 Å². The van der Waals surface area contributed by atoms with Crippen molar-refractivity contribution < 1.29 is 88.5 Å². The number of nitrogens with zero attached hydrogens (tertiary/aromatic N) is 6. The Morgan fingerprint density at radius 3 is 2.66 bits per heavy atom. The number of carbonyl (C=O) groups excluding carboxylic acids is 3. The Hall–Kier alpha value is -1.64. The number of nitrogens with one attached hydrogen (secondary N) is 1. The molecule has 0 aliphatic carbocycles. The van der Waals surface area contributed by atoms with Crippen LogP contribution in [0.5, 0.6) is 5.88 Å². The van der Waals surface area contributed by atoms with Crippen molar-refractivity contribution in [3.05, 3.63) is 32.7 Å². The molecular formula is C18H16N8Na2O7S3. The van der Waals surface area contributed by atoms with Crippen LogP contribution in [0.15, 0.2) is 31.8 Å². The molecule has 1 saturated heterocycles. The average molecular weight is 599 g/mol. The summed E-state index contributed by atoms with van der Waals surface area (Å²) in [5, 5.41) is 34.1. The summed E-state index contributed by atoms with van der Waals surface area (Å²) in [6.45, 7) is 0. The van der Waals surface area contributed by atoms with Crippen LogP contribution in [0, 0.1) is 0 Å². The smallest absolute Gasteiger partial charge is 0.854 e. The molecule has 2 atom stereocenters. The van der Waals surface area contributed by atoms with Crippen molar-refractivity contribution in [1.29, 1.82) is 0 Å². The zero-order chi connectivity index (χ0) is 26.1. The van der Waals surface area contributed by atoms with Gasteiger partial charge in [0.2, 0.25) is 0 Å². The van der Waals surface area contributed by atoms with Crippen LogP contribution in [-0.2, 0) is 26.3 Å². The molecule has 0 saturated carbocycles. The van der Waals surface area contributed by atoms with Gasteiger partial charge in [-0.1, -0.05) is 16.9 Å². The molecule has 1 unspecified atom stereocenters. The molecule has 0 bridgehead atoms. The van der Waals surface area contributed by atoms with Gasteiger partial charge < -0.3 is 30.9 Å². The van der Waals surface area contributed by atoms with Gasteiger partial charge in [-0.25, -0.2) is 9.67 Å². The minimum Gasteiger partial charge on any atom is -0.854 e.